The number of rotatable bonds is 2. The predicted molar refractivity (Wildman–Crippen MR) is 96.7 cm³/mol. The van der Waals surface area contributed by atoms with E-state index in [1.54, 1.807) is 0 Å². The molecular formula is C21H16N3+. The van der Waals surface area contributed by atoms with E-state index in [9.17, 15) is 0 Å². The van der Waals surface area contributed by atoms with Gasteiger partial charge in [0.1, 0.15) is 0 Å². The normalized spacial score (nSPS) is 13.1. The Hall–Kier alpha value is -3.20. The minimum atomic E-state index is 0.788. The average Bonchev–Trinajstić information content (AvgIpc) is 3.03. The Labute approximate surface area is 140 Å². The summed E-state index contributed by atoms with van der Waals surface area (Å²) in [5.41, 5.74) is 5.89. The molecule has 3 nitrogen and oxygen atoms in total. The highest BCUT2D eigenvalue weighted by Crippen LogP contribution is 2.31. The molecule has 0 N–H and O–H groups in total. The van der Waals surface area contributed by atoms with Crippen LogP contribution >= 0.6 is 0 Å². The fourth-order valence-electron chi connectivity index (χ4n) is 3.47. The molecule has 5 rings (SSSR count). The predicted octanol–water partition coefficient (Wildman–Crippen LogP) is 4.44. The summed E-state index contributed by atoms with van der Waals surface area (Å²) in [5.74, 6) is 0. The first-order valence-electron chi connectivity index (χ1n) is 8.10. The molecule has 0 bridgehead atoms. The van der Waals surface area contributed by atoms with E-state index >= 15 is 0 Å². The molecule has 114 valence electrons. The quantitative estimate of drug-likeness (QED) is 0.501. The molecule has 0 radical (unpaired) electrons. The lowest BCUT2D eigenvalue weighted by molar-refractivity contribution is -0.471. The van der Waals surface area contributed by atoms with Crippen LogP contribution in [0.2, 0.25) is 0 Å². The van der Waals surface area contributed by atoms with Crippen LogP contribution in [0.3, 0.4) is 0 Å². The summed E-state index contributed by atoms with van der Waals surface area (Å²) < 4.78 is 4.65. The fraction of sp³-hybridized carbons (Fsp3) is 0.0476. The van der Waals surface area contributed by atoms with Crippen LogP contribution in [-0.4, -0.2) is 20.3 Å². The molecular weight excluding hydrogens is 294 g/mol. The zero-order valence-electron chi connectivity index (χ0n) is 13.1. The van der Waals surface area contributed by atoms with Crippen molar-refractivity contribution >= 4 is 22.8 Å². The lowest BCUT2D eigenvalue weighted by atomic mass is 10.1. The van der Waals surface area contributed by atoms with Gasteiger partial charge >= 0.3 is 0 Å². The van der Waals surface area contributed by atoms with Crippen LogP contribution in [0.4, 0.5) is 5.69 Å². The highest BCUT2D eigenvalue weighted by molar-refractivity contribution is 6.00. The number of benzene rings is 2. The summed E-state index contributed by atoms with van der Waals surface area (Å²) in [4.78, 5) is 4.55. The highest BCUT2D eigenvalue weighted by atomic mass is 15.2. The van der Waals surface area contributed by atoms with E-state index in [2.05, 4.69) is 81.0 Å². The highest BCUT2D eigenvalue weighted by Gasteiger charge is 2.23. The summed E-state index contributed by atoms with van der Waals surface area (Å²) in [7, 11) is 0. The molecule has 2 aromatic heterocycles. The topological polar surface area (TPSA) is 20.8 Å². The Morgan fingerprint density at radius 1 is 0.875 bits per heavy atom. The van der Waals surface area contributed by atoms with Crippen molar-refractivity contribution in [1.82, 2.24) is 9.55 Å². The first kappa shape index (κ1) is 13.3. The summed E-state index contributed by atoms with van der Waals surface area (Å²) in [5, 5.41) is 1.26. The second kappa shape index (κ2) is 5.17. The Morgan fingerprint density at radius 2 is 1.75 bits per heavy atom. The van der Waals surface area contributed by atoms with Gasteiger partial charge in [-0.2, -0.15) is 4.58 Å². The molecule has 4 aromatic rings. The minimum Gasteiger partial charge on any atom is -0.282 e. The molecule has 0 saturated heterocycles. The number of para-hydroxylation sites is 2. The molecule has 0 atom stereocenters. The SMILES string of the molecule is C1=[N+](c2ccccc2)Cn2c(-c3ccccn3)cc3cccc1c32. The van der Waals surface area contributed by atoms with E-state index in [-0.39, 0.29) is 0 Å². The number of hydrogen-bond acceptors (Lipinski definition) is 1. The summed E-state index contributed by atoms with van der Waals surface area (Å²) >= 11 is 0. The molecule has 0 unspecified atom stereocenters. The van der Waals surface area contributed by atoms with Crippen LogP contribution < -0.4 is 0 Å². The van der Waals surface area contributed by atoms with Gasteiger partial charge in [0, 0.05) is 23.7 Å². The molecule has 1 aliphatic heterocycles. The first-order valence-corrected chi connectivity index (χ1v) is 8.10. The summed E-state index contributed by atoms with van der Waals surface area (Å²) in [6, 6.07) is 25.3. The van der Waals surface area contributed by atoms with Crippen molar-refractivity contribution < 1.29 is 4.58 Å². The van der Waals surface area contributed by atoms with Crippen molar-refractivity contribution in [3.05, 3.63) is 84.6 Å². The molecule has 0 spiro atoms. The van der Waals surface area contributed by atoms with Gasteiger partial charge in [0.25, 0.3) is 0 Å². The number of pyridine rings is 1. The maximum absolute atomic E-state index is 4.55. The lowest BCUT2D eigenvalue weighted by Crippen LogP contribution is -2.19. The fourth-order valence-corrected chi connectivity index (χ4v) is 3.47. The Balaban J connectivity index is 1.75. The van der Waals surface area contributed by atoms with Crippen LogP contribution in [0, 0.1) is 0 Å². The second-order valence-corrected chi connectivity index (χ2v) is 6.03. The number of hydrogen-bond donors (Lipinski definition) is 0. The maximum atomic E-state index is 4.55. The van der Waals surface area contributed by atoms with Crippen molar-refractivity contribution in [2.75, 3.05) is 0 Å². The van der Waals surface area contributed by atoms with E-state index in [0.717, 1.165) is 18.1 Å². The van der Waals surface area contributed by atoms with Gasteiger partial charge in [-0.1, -0.05) is 36.4 Å². The molecule has 3 heterocycles. The number of nitrogens with zero attached hydrogens (tertiary/aromatic N) is 3. The summed E-state index contributed by atoms with van der Waals surface area (Å²) in [6.45, 7) is 0.788. The van der Waals surface area contributed by atoms with Crippen molar-refractivity contribution in [3.63, 3.8) is 0 Å². The van der Waals surface area contributed by atoms with Crippen molar-refractivity contribution in [1.29, 1.82) is 0 Å². The van der Waals surface area contributed by atoms with Gasteiger partial charge < -0.3 is 0 Å². The van der Waals surface area contributed by atoms with Gasteiger partial charge in [-0.05, 0) is 24.3 Å². The third-order valence-electron chi connectivity index (χ3n) is 4.56. The Kier molecular flexibility index (Phi) is 2.85. The molecule has 0 amide bonds. The van der Waals surface area contributed by atoms with Crippen molar-refractivity contribution in [3.8, 4) is 11.4 Å². The molecule has 0 fully saturated rings. The van der Waals surface area contributed by atoms with Gasteiger partial charge in [-0.3, -0.25) is 9.55 Å². The van der Waals surface area contributed by atoms with E-state index in [0.29, 0.717) is 0 Å². The third kappa shape index (κ3) is 1.98. The smallest absolute Gasteiger partial charge is 0.228 e. The second-order valence-electron chi connectivity index (χ2n) is 6.03. The maximum Gasteiger partial charge on any atom is 0.228 e. The van der Waals surface area contributed by atoms with Crippen LogP contribution in [0.15, 0.2) is 79.0 Å². The summed E-state index contributed by atoms with van der Waals surface area (Å²) in [6.07, 6.45) is 4.09. The van der Waals surface area contributed by atoms with Gasteiger partial charge in [0.2, 0.25) is 12.4 Å². The van der Waals surface area contributed by atoms with E-state index in [1.165, 1.54) is 22.2 Å². The molecule has 1 aliphatic rings. The van der Waals surface area contributed by atoms with Crippen molar-refractivity contribution in [2.24, 2.45) is 0 Å². The van der Waals surface area contributed by atoms with E-state index in [4.69, 9.17) is 0 Å². The van der Waals surface area contributed by atoms with Crippen LogP contribution in [0.1, 0.15) is 5.56 Å². The van der Waals surface area contributed by atoms with Crippen LogP contribution in [-0.2, 0) is 6.67 Å². The molecule has 2 aromatic carbocycles. The monoisotopic (exact) mass is 310 g/mol. The minimum absolute atomic E-state index is 0.788. The zero-order valence-corrected chi connectivity index (χ0v) is 13.1. The number of aromatic nitrogens is 2. The third-order valence-corrected chi connectivity index (χ3v) is 4.56. The largest absolute Gasteiger partial charge is 0.282 e. The zero-order chi connectivity index (χ0) is 15.9. The average molecular weight is 310 g/mol. The van der Waals surface area contributed by atoms with Crippen LogP contribution in [0.25, 0.3) is 22.3 Å². The standard InChI is InChI=1S/C21H16N3/c1-2-9-18(10-3-1)23-14-17-8-6-7-16-13-20(24(15-23)21(16)17)19-11-4-5-12-22-19/h1-14H,15H2/q+1. The van der Waals surface area contributed by atoms with Gasteiger partial charge in [-0.15, -0.1) is 0 Å². The molecule has 0 saturated carbocycles. The Morgan fingerprint density at radius 3 is 2.58 bits per heavy atom. The van der Waals surface area contributed by atoms with Gasteiger partial charge in [0.15, 0.2) is 6.21 Å². The molecule has 0 aliphatic carbocycles. The van der Waals surface area contributed by atoms with E-state index in [1.807, 2.05) is 18.3 Å². The van der Waals surface area contributed by atoms with Gasteiger partial charge in [-0.25, -0.2) is 0 Å². The Bertz CT molecular complexity index is 1060. The first-order chi connectivity index (χ1) is 11.9. The molecule has 3 heteroatoms. The van der Waals surface area contributed by atoms with Gasteiger partial charge in [0.05, 0.1) is 22.5 Å². The molecule has 24 heavy (non-hydrogen) atoms. The van der Waals surface area contributed by atoms with Crippen molar-refractivity contribution in [2.45, 2.75) is 6.67 Å². The lowest BCUT2D eigenvalue weighted by Gasteiger charge is -2.15. The van der Waals surface area contributed by atoms with Crippen LogP contribution in [0.5, 0.6) is 0 Å². The van der Waals surface area contributed by atoms with E-state index < -0.39 is 0 Å².